The second kappa shape index (κ2) is 5.89. The average Bonchev–Trinajstić information content (AvgIpc) is 2.79. The number of rotatable bonds is 4. The number of hydrogen-bond acceptors (Lipinski definition) is 5. The van der Waals surface area contributed by atoms with Gasteiger partial charge in [0.2, 0.25) is 0 Å². The lowest BCUT2D eigenvalue weighted by Gasteiger charge is -2.08. The standard InChI is InChI=1S/C14H15N3OS/c1-10-13(12(9-18)8-17(2)3)19-14(16-10)11-5-4-6-15-7-11/h4-7H,8H2,1-3H3. The number of pyridine rings is 1. The third kappa shape index (κ3) is 3.15. The van der Waals surface area contributed by atoms with E-state index in [9.17, 15) is 4.79 Å². The van der Waals surface area contributed by atoms with E-state index in [1.165, 1.54) is 11.3 Å². The molecule has 2 rings (SSSR count). The summed E-state index contributed by atoms with van der Waals surface area (Å²) in [5.41, 5.74) is 2.48. The van der Waals surface area contributed by atoms with E-state index in [4.69, 9.17) is 0 Å². The first kappa shape index (κ1) is 13.6. The molecule has 2 aromatic heterocycles. The van der Waals surface area contributed by atoms with Gasteiger partial charge in [-0.05, 0) is 33.2 Å². The maximum atomic E-state index is 11.1. The molecule has 0 saturated heterocycles. The Kier molecular flexibility index (Phi) is 4.22. The van der Waals surface area contributed by atoms with E-state index in [2.05, 4.69) is 9.97 Å². The lowest BCUT2D eigenvalue weighted by molar-refractivity contribution is 0.463. The molecule has 0 bridgehead atoms. The fraction of sp³-hybridized carbons (Fsp3) is 0.286. The van der Waals surface area contributed by atoms with E-state index in [1.807, 2.05) is 44.0 Å². The summed E-state index contributed by atoms with van der Waals surface area (Å²) in [5, 5.41) is 0.882. The Hall–Kier alpha value is -1.81. The number of carbonyl (C=O) groups excluding carboxylic acids is 1. The molecular formula is C14H15N3OS. The Morgan fingerprint density at radius 1 is 1.47 bits per heavy atom. The summed E-state index contributed by atoms with van der Waals surface area (Å²) in [6.45, 7) is 2.48. The van der Waals surface area contributed by atoms with Crippen molar-refractivity contribution >= 4 is 22.9 Å². The summed E-state index contributed by atoms with van der Waals surface area (Å²) >= 11 is 1.51. The second-order valence-electron chi connectivity index (χ2n) is 4.49. The largest absolute Gasteiger partial charge is 0.304 e. The molecule has 5 heteroatoms. The van der Waals surface area contributed by atoms with Crippen molar-refractivity contribution in [3.8, 4) is 10.6 Å². The van der Waals surface area contributed by atoms with Gasteiger partial charge in [-0.25, -0.2) is 9.78 Å². The number of nitrogens with zero attached hydrogens (tertiary/aromatic N) is 3. The van der Waals surface area contributed by atoms with Gasteiger partial charge < -0.3 is 4.90 Å². The van der Waals surface area contributed by atoms with Crippen LogP contribution in [0.3, 0.4) is 0 Å². The Labute approximate surface area is 116 Å². The van der Waals surface area contributed by atoms with Crippen molar-refractivity contribution in [2.75, 3.05) is 20.6 Å². The maximum absolute atomic E-state index is 11.1. The monoisotopic (exact) mass is 273 g/mol. The molecule has 0 aliphatic carbocycles. The van der Waals surface area contributed by atoms with E-state index in [-0.39, 0.29) is 0 Å². The van der Waals surface area contributed by atoms with Crippen molar-refractivity contribution in [3.05, 3.63) is 35.1 Å². The minimum absolute atomic E-state index is 0.568. The van der Waals surface area contributed by atoms with Crippen LogP contribution in [0.5, 0.6) is 0 Å². The number of thiazole rings is 1. The van der Waals surface area contributed by atoms with Gasteiger partial charge >= 0.3 is 0 Å². The Morgan fingerprint density at radius 2 is 2.26 bits per heavy atom. The molecule has 0 aromatic carbocycles. The van der Waals surface area contributed by atoms with E-state index in [1.54, 1.807) is 12.4 Å². The molecule has 0 atom stereocenters. The van der Waals surface area contributed by atoms with Gasteiger partial charge in [-0.3, -0.25) is 4.98 Å². The highest BCUT2D eigenvalue weighted by Gasteiger charge is 2.14. The molecule has 0 saturated carbocycles. The van der Waals surface area contributed by atoms with Crippen LogP contribution in [0.1, 0.15) is 10.6 Å². The van der Waals surface area contributed by atoms with Crippen LogP contribution in [0.2, 0.25) is 0 Å². The molecule has 0 N–H and O–H groups in total. The van der Waals surface area contributed by atoms with Crippen LogP contribution in [0, 0.1) is 6.92 Å². The van der Waals surface area contributed by atoms with E-state index in [0.717, 1.165) is 21.1 Å². The first-order valence-electron chi connectivity index (χ1n) is 5.88. The van der Waals surface area contributed by atoms with E-state index >= 15 is 0 Å². The summed E-state index contributed by atoms with van der Waals surface area (Å²) in [4.78, 5) is 22.6. The molecule has 0 unspecified atom stereocenters. The molecule has 4 nitrogen and oxygen atoms in total. The van der Waals surface area contributed by atoms with Crippen LogP contribution in [0.15, 0.2) is 24.5 Å². The zero-order chi connectivity index (χ0) is 13.8. The molecule has 2 heterocycles. The summed E-state index contributed by atoms with van der Waals surface area (Å²) < 4.78 is 0. The first-order valence-corrected chi connectivity index (χ1v) is 6.70. The molecule has 0 aliphatic heterocycles. The van der Waals surface area contributed by atoms with Crippen molar-refractivity contribution in [2.45, 2.75) is 6.92 Å². The van der Waals surface area contributed by atoms with E-state index < -0.39 is 0 Å². The molecule has 98 valence electrons. The highest BCUT2D eigenvalue weighted by molar-refractivity contribution is 7.16. The summed E-state index contributed by atoms with van der Waals surface area (Å²) in [7, 11) is 3.85. The lowest BCUT2D eigenvalue weighted by atomic mass is 10.2. The molecule has 0 radical (unpaired) electrons. The second-order valence-corrected chi connectivity index (χ2v) is 5.49. The number of aryl methyl sites for hydroxylation is 1. The average molecular weight is 273 g/mol. The smallest absolute Gasteiger partial charge is 0.130 e. The van der Waals surface area contributed by atoms with Gasteiger partial charge in [0.15, 0.2) is 0 Å². The maximum Gasteiger partial charge on any atom is 0.130 e. The van der Waals surface area contributed by atoms with Crippen LogP contribution < -0.4 is 0 Å². The van der Waals surface area contributed by atoms with Crippen LogP contribution in [0.25, 0.3) is 16.1 Å². The van der Waals surface area contributed by atoms with Crippen LogP contribution >= 0.6 is 11.3 Å². The Morgan fingerprint density at radius 3 is 2.84 bits per heavy atom. The predicted molar refractivity (Wildman–Crippen MR) is 77.7 cm³/mol. The zero-order valence-electron chi connectivity index (χ0n) is 11.2. The zero-order valence-corrected chi connectivity index (χ0v) is 12.0. The van der Waals surface area contributed by atoms with Gasteiger partial charge in [0.05, 0.1) is 16.1 Å². The molecule has 0 spiro atoms. The molecule has 0 aliphatic rings. The number of hydrogen-bond donors (Lipinski definition) is 0. The van der Waals surface area contributed by atoms with Gasteiger partial charge in [0.25, 0.3) is 0 Å². The van der Waals surface area contributed by atoms with Gasteiger partial charge in [0.1, 0.15) is 10.9 Å². The predicted octanol–water partition coefficient (Wildman–Crippen LogP) is 2.29. The van der Waals surface area contributed by atoms with E-state index in [0.29, 0.717) is 12.1 Å². The molecule has 0 amide bonds. The molecular weight excluding hydrogens is 258 g/mol. The fourth-order valence-corrected chi connectivity index (χ4v) is 2.79. The normalized spacial score (nSPS) is 10.5. The Balaban J connectivity index is 2.39. The van der Waals surface area contributed by atoms with Crippen molar-refractivity contribution in [1.29, 1.82) is 0 Å². The summed E-state index contributed by atoms with van der Waals surface area (Å²) in [6.07, 6.45) is 3.51. The highest BCUT2D eigenvalue weighted by Crippen LogP contribution is 2.31. The Bertz CT molecular complexity index is 613. The first-order chi connectivity index (χ1) is 9.11. The van der Waals surface area contributed by atoms with Crippen molar-refractivity contribution in [2.24, 2.45) is 0 Å². The van der Waals surface area contributed by atoms with Gasteiger partial charge in [-0.2, -0.15) is 0 Å². The van der Waals surface area contributed by atoms with Crippen molar-refractivity contribution in [3.63, 3.8) is 0 Å². The van der Waals surface area contributed by atoms with Crippen LogP contribution in [-0.2, 0) is 4.79 Å². The van der Waals surface area contributed by atoms with Crippen LogP contribution in [0.4, 0.5) is 0 Å². The van der Waals surface area contributed by atoms with Crippen LogP contribution in [-0.4, -0.2) is 41.4 Å². The SMILES string of the molecule is Cc1nc(-c2cccnc2)sc1C(=C=O)CN(C)C. The summed E-state index contributed by atoms with van der Waals surface area (Å²) in [5.74, 6) is 2.04. The van der Waals surface area contributed by atoms with Gasteiger partial charge in [-0.15, -0.1) is 11.3 Å². The minimum atomic E-state index is 0.568. The lowest BCUT2D eigenvalue weighted by Crippen LogP contribution is -2.14. The molecule has 0 fully saturated rings. The molecule has 2 aromatic rings. The van der Waals surface area contributed by atoms with Gasteiger partial charge in [0, 0.05) is 24.5 Å². The van der Waals surface area contributed by atoms with Crippen molar-refractivity contribution in [1.82, 2.24) is 14.9 Å². The third-order valence-electron chi connectivity index (χ3n) is 2.58. The molecule has 19 heavy (non-hydrogen) atoms. The minimum Gasteiger partial charge on any atom is -0.304 e. The highest BCUT2D eigenvalue weighted by atomic mass is 32.1. The quantitative estimate of drug-likeness (QED) is 0.802. The number of aromatic nitrogens is 2. The number of likely N-dealkylation sites (N-methyl/N-ethyl adjacent to an activating group) is 1. The van der Waals surface area contributed by atoms with Crippen molar-refractivity contribution < 1.29 is 4.79 Å². The topological polar surface area (TPSA) is 46.1 Å². The fourth-order valence-electron chi connectivity index (χ4n) is 1.76. The summed E-state index contributed by atoms with van der Waals surface area (Å²) in [6, 6.07) is 3.84. The third-order valence-corrected chi connectivity index (χ3v) is 3.84. The van der Waals surface area contributed by atoms with Gasteiger partial charge in [-0.1, -0.05) is 0 Å².